The van der Waals surface area contributed by atoms with Gasteiger partial charge in [0, 0.05) is 22.2 Å². The highest BCUT2D eigenvalue weighted by atomic mass is 16.3. The second-order valence-corrected chi connectivity index (χ2v) is 2.69. The Morgan fingerprint density at radius 2 is 2.21 bits per heavy atom. The summed E-state index contributed by atoms with van der Waals surface area (Å²) in [6.45, 7) is 0. The molecule has 0 atom stereocenters. The SMILES string of the molecule is [N-]=[N+]=Nc1ccc(O)c2ncccc12. The standard InChI is InChI=1S/C9H6N4O/c10-13-12-7-3-4-8(14)9-6(7)2-1-5-11-9/h1-5,14H. The fraction of sp³-hybridized carbons (Fsp3) is 0. The number of rotatable bonds is 1. The van der Waals surface area contributed by atoms with Gasteiger partial charge in [0.25, 0.3) is 0 Å². The molecule has 68 valence electrons. The van der Waals surface area contributed by atoms with Gasteiger partial charge in [-0.3, -0.25) is 4.98 Å². The van der Waals surface area contributed by atoms with Crippen LogP contribution in [0.4, 0.5) is 5.69 Å². The molecule has 0 spiro atoms. The van der Waals surface area contributed by atoms with Crippen LogP contribution in [0.1, 0.15) is 0 Å². The zero-order valence-corrected chi connectivity index (χ0v) is 7.12. The van der Waals surface area contributed by atoms with Gasteiger partial charge < -0.3 is 5.11 Å². The van der Waals surface area contributed by atoms with Gasteiger partial charge in [-0.15, -0.1) is 0 Å². The van der Waals surface area contributed by atoms with Gasteiger partial charge in [0.15, 0.2) is 0 Å². The fourth-order valence-corrected chi connectivity index (χ4v) is 1.28. The van der Waals surface area contributed by atoms with Crippen molar-refractivity contribution in [3.63, 3.8) is 0 Å². The van der Waals surface area contributed by atoms with Gasteiger partial charge in [-0.25, -0.2) is 0 Å². The summed E-state index contributed by atoms with van der Waals surface area (Å²) in [5.74, 6) is 0.0810. The molecule has 5 nitrogen and oxygen atoms in total. The Balaban J connectivity index is 2.88. The van der Waals surface area contributed by atoms with Gasteiger partial charge in [-0.05, 0) is 23.7 Å². The van der Waals surface area contributed by atoms with Crippen molar-refractivity contribution in [1.29, 1.82) is 0 Å². The zero-order chi connectivity index (χ0) is 9.97. The number of nitrogens with zero attached hydrogens (tertiary/aromatic N) is 4. The Morgan fingerprint density at radius 1 is 1.36 bits per heavy atom. The molecular weight excluding hydrogens is 180 g/mol. The van der Waals surface area contributed by atoms with Crippen molar-refractivity contribution in [2.75, 3.05) is 0 Å². The Hall–Kier alpha value is -2.26. The van der Waals surface area contributed by atoms with Crippen molar-refractivity contribution in [2.24, 2.45) is 5.11 Å². The van der Waals surface area contributed by atoms with Crippen molar-refractivity contribution in [2.45, 2.75) is 0 Å². The predicted octanol–water partition coefficient (Wildman–Crippen LogP) is 2.88. The lowest BCUT2D eigenvalue weighted by atomic mass is 10.2. The van der Waals surface area contributed by atoms with Crippen LogP contribution in [0.25, 0.3) is 21.3 Å². The molecular formula is C9H6N4O. The number of hydrogen-bond acceptors (Lipinski definition) is 3. The van der Waals surface area contributed by atoms with E-state index in [0.717, 1.165) is 0 Å². The number of phenolic OH excluding ortho intramolecular Hbond substituents is 1. The maximum Gasteiger partial charge on any atom is 0.141 e. The number of hydrogen-bond donors (Lipinski definition) is 1. The first kappa shape index (κ1) is 8.34. The van der Waals surface area contributed by atoms with E-state index in [1.807, 2.05) is 0 Å². The molecule has 0 aliphatic rings. The van der Waals surface area contributed by atoms with E-state index < -0.39 is 0 Å². The Labute approximate surface area is 79.3 Å². The molecule has 0 unspecified atom stereocenters. The molecule has 2 rings (SSSR count). The molecule has 1 heterocycles. The van der Waals surface area contributed by atoms with Crippen LogP contribution < -0.4 is 0 Å². The summed E-state index contributed by atoms with van der Waals surface area (Å²) in [7, 11) is 0. The third-order valence-electron chi connectivity index (χ3n) is 1.88. The molecule has 5 heteroatoms. The predicted molar refractivity (Wildman–Crippen MR) is 52.2 cm³/mol. The lowest BCUT2D eigenvalue weighted by Gasteiger charge is -2.01. The van der Waals surface area contributed by atoms with Crippen LogP contribution in [-0.4, -0.2) is 10.1 Å². The van der Waals surface area contributed by atoms with E-state index in [4.69, 9.17) is 5.53 Å². The molecule has 0 saturated carbocycles. The first-order chi connectivity index (χ1) is 6.83. The van der Waals surface area contributed by atoms with E-state index in [1.54, 1.807) is 24.4 Å². The van der Waals surface area contributed by atoms with Crippen molar-refractivity contribution in [3.05, 3.63) is 40.9 Å². The van der Waals surface area contributed by atoms with Crippen molar-refractivity contribution < 1.29 is 5.11 Å². The minimum absolute atomic E-state index is 0.0810. The Bertz CT molecular complexity index is 531. The van der Waals surface area contributed by atoms with Crippen LogP contribution in [0, 0.1) is 0 Å². The topological polar surface area (TPSA) is 81.9 Å². The number of aromatic nitrogens is 1. The first-order valence-corrected chi connectivity index (χ1v) is 3.95. The van der Waals surface area contributed by atoms with Gasteiger partial charge in [-0.2, -0.15) is 0 Å². The summed E-state index contributed by atoms with van der Waals surface area (Å²) in [4.78, 5) is 6.69. The van der Waals surface area contributed by atoms with Crippen LogP contribution in [0.5, 0.6) is 5.75 Å². The molecule has 1 N–H and O–H groups in total. The molecule has 0 bridgehead atoms. The highest BCUT2D eigenvalue weighted by Crippen LogP contribution is 2.30. The van der Waals surface area contributed by atoms with Crippen LogP contribution in [0.2, 0.25) is 0 Å². The molecule has 0 radical (unpaired) electrons. The van der Waals surface area contributed by atoms with Crippen molar-refractivity contribution in [1.82, 2.24) is 4.98 Å². The zero-order valence-electron chi connectivity index (χ0n) is 7.12. The number of phenols is 1. The number of azide groups is 1. The summed E-state index contributed by atoms with van der Waals surface area (Å²) < 4.78 is 0. The van der Waals surface area contributed by atoms with E-state index in [0.29, 0.717) is 16.6 Å². The maximum absolute atomic E-state index is 9.47. The van der Waals surface area contributed by atoms with E-state index in [9.17, 15) is 5.11 Å². The Morgan fingerprint density at radius 3 is 3.00 bits per heavy atom. The number of aromatic hydroxyl groups is 1. The van der Waals surface area contributed by atoms with Gasteiger partial charge in [0.05, 0.1) is 0 Å². The molecule has 0 aliphatic carbocycles. The fourth-order valence-electron chi connectivity index (χ4n) is 1.28. The summed E-state index contributed by atoms with van der Waals surface area (Å²) in [5, 5.41) is 13.6. The molecule has 0 fully saturated rings. The van der Waals surface area contributed by atoms with Crippen LogP contribution in [0.15, 0.2) is 35.6 Å². The van der Waals surface area contributed by atoms with Gasteiger partial charge >= 0.3 is 0 Å². The second kappa shape index (κ2) is 3.24. The van der Waals surface area contributed by atoms with Crippen LogP contribution >= 0.6 is 0 Å². The summed E-state index contributed by atoms with van der Waals surface area (Å²) >= 11 is 0. The largest absolute Gasteiger partial charge is 0.506 e. The smallest absolute Gasteiger partial charge is 0.141 e. The Kier molecular flexibility index (Phi) is 1.93. The van der Waals surface area contributed by atoms with Crippen LogP contribution in [0.3, 0.4) is 0 Å². The first-order valence-electron chi connectivity index (χ1n) is 3.95. The maximum atomic E-state index is 9.47. The normalized spacial score (nSPS) is 9.71. The van der Waals surface area contributed by atoms with Gasteiger partial charge in [0.2, 0.25) is 0 Å². The molecule has 0 saturated heterocycles. The summed E-state index contributed by atoms with van der Waals surface area (Å²) in [6.07, 6.45) is 1.57. The quantitative estimate of drug-likeness (QED) is 0.422. The van der Waals surface area contributed by atoms with E-state index in [2.05, 4.69) is 15.0 Å². The minimum atomic E-state index is 0.0810. The third-order valence-corrected chi connectivity index (χ3v) is 1.88. The average Bonchev–Trinajstić information content (AvgIpc) is 2.23. The van der Waals surface area contributed by atoms with Crippen molar-refractivity contribution >= 4 is 16.6 Å². The van der Waals surface area contributed by atoms with E-state index >= 15 is 0 Å². The lowest BCUT2D eigenvalue weighted by molar-refractivity contribution is 0.480. The number of pyridine rings is 1. The highest BCUT2D eigenvalue weighted by molar-refractivity contribution is 5.93. The second-order valence-electron chi connectivity index (χ2n) is 2.69. The molecule has 2 aromatic rings. The van der Waals surface area contributed by atoms with Gasteiger partial charge in [0.1, 0.15) is 11.3 Å². The number of benzene rings is 1. The summed E-state index contributed by atoms with van der Waals surface area (Å²) in [5.41, 5.74) is 9.23. The monoisotopic (exact) mass is 186 g/mol. The highest BCUT2D eigenvalue weighted by Gasteiger charge is 2.03. The third kappa shape index (κ3) is 1.22. The molecule has 0 amide bonds. The molecule has 0 aliphatic heterocycles. The van der Waals surface area contributed by atoms with Gasteiger partial charge in [-0.1, -0.05) is 11.2 Å². The van der Waals surface area contributed by atoms with E-state index in [-0.39, 0.29) is 5.75 Å². The lowest BCUT2D eigenvalue weighted by Crippen LogP contribution is -1.78. The average molecular weight is 186 g/mol. The summed E-state index contributed by atoms with van der Waals surface area (Å²) in [6, 6.07) is 6.47. The van der Waals surface area contributed by atoms with E-state index in [1.165, 1.54) is 6.07 Å². The molecule has 14 heavy (non-hydrogen) atoms. The van der Waals surface area contributed by atoms with Crippen molar-refractivity contribution in [3.8, 4) is 5.75 Å². The van der Waals surface area contributed by atoms with Crippen LogP contribution in [-0.2, 0) is 0 Å². The molecule has 1 aromatic heterocycles. The minimum Gasteiger partial charge on any atom is -0.506 e. The number of fused-ring (bicyclic) bond motifs is 1. The molecule has 1 aromatic carbocycles.